The molecule has 0 aliphatic rings. The predicted molar refractivity (Wildman–Crippen MR) is 61.2 cm³/mol. The second kappa shape index (κ2) is 4.62. The van der Waals surface area contributed by atoms with Gasteiger partial charge in [0.05, 0.1) is 5.25 Å². The van der Waals surface area contributed by atoms with Crippen LogP contribution in [-0.4, -0.2) is 32.5 Å². The lowest BCUT2D eigenvalue weighted by atomic mass is 9.85. The van der Waals surface area contributed by atoms with Crippen LogP contribution in [0, 0.1) is 5.41 Å². The molecule has 0 aromatic rings. The molecule has 0 aliphatic carbocycles. The van der Waals surface area contributed by atoms with Crippen LogP contribution in [0.1, 0.15) is 34.6 Å². The standard InChI is InChI=1S/C10H23NO2S/c1-7-11-9(10(3,4)5)8(2)14(6,12)13/h8-9,11H,7H2,1-6H3. The molecule has 0 radical (unpaired) electrons. The van der Waals surface area contributed by atoms with E-state index >= 15 is 0 Å². The largest absolute Gasteiger partial charge is 0.312 e. The van der Waals surface area contributed by atoms with Gasteiger partial charge in [-0.15, -0.1) is 0 Å². The molecule has 0 bridgehead atoms. The fourth-order valence-corrected chi connectivity index (χ4v) is 2.64. The third-order valence-electron chi connectivity index (χ3n) is 2.50. The van der Waals surface area contributed by atoms with Gasteiger partial charge in [-0.05, 0) is 18.9 Å². The summed E-state index contributed by atoms with van der Waals surface area (Å²) >= 11 is 0. The highest BCUT2D eigenvalue weighted by molar-refractivity contribution is 7.91. The summed E-state index contributed by atoms with van der Waals surface area (Å²) in [6, 6.07) is 0.00231. The van der Waals surface area contributed by atoms with E-state index in [2.05, 4.69) is 26.1 Å². The van der Waals surface area contributed by atoms with Gasteiger partial charge in [0.15, 0.2) is 9.84 Å². The highest BCUT2D eigenvalue weighted by Gasteiger charge is 2.34. The summed E-state index contributed by atoms with van der Waals surface area (Å²) in [7, 11) is -2.97. The van der Waals surface area contributed by atoms with E-state index in [0.717, 1.165) is 6.54 Å². The van der Waals surface area contributed by atoms with Gasteiger partial charge < -0.3 is 5.32 Å². The van der Waals surface area contributed by atoms with Crippen molar-refractivity contribution in [3.63, 3.8) is 0 Å². The predicted octanol–water partition coefficient (Wildman–Crippen LogP) is 1.44. The van der Waals surface area contributed by atoms with Crippen molar-refractivity contribution in [3.05, 3.63) is 0 Å². The van der Waals surface area contributed by atoms with Gasteiger partial charge in [0.25, 0.3) is 0 Å². The van der Waals surface area contributed by atoms with Gasteiger partial charge >= 0.3 is 0 Å². The van der Waals surface area contributed by atoms with Crippen molar-refractivity contribution in [1.82, 2.24) is 5.32 Å². The lowest BCUT2D eigenvalue weighted by Gasteiger charge is -2.35. The van der Waals surface area contributed by atoms with Crippen LogP contribution in [-0.2, 0) is 9.84 Å². The molecule has 0 aromatic carbocycles. The SMILES string of the molecule is CCNC(C(C)S(C)(=O)=O)C(C)(C)C. The van der Waals surface area contributed by atoms with Gasteiger partial charge in [0.2, 0.25) is 0 Å². The lowest BCUT2D eigenvalue weighted by molar-refractivity contribution is 0.266. The van der Waals surface area contributed by atoms with Crippen molar-refractivity contribution in [2.24, 2.45) is 5.41 Å². The van der Waals surface area contributed by atoms with E-state index in [1.54, 1.807) is 6.92 Å². The zero-order valence-corrected chi connectivity index (χ0v) is 10.9. The molecule has 2 unspecified atom stereocenters. The molecule has 0 saturated carbocycles. The summed E-state index contributed by atoms with van der Waals surface area (Å²) < 4.78 is 22.9. The van der Waals surface area contributed by atoms with E-state index < -0.39 is 9.84 Å². The second-order valence-corrected chi connectivity index (χ2v) is 7.34. The number of nitrogens with one attached hydrogen (secondary N) is 1. The molecule has 0 heterocycles. The van der Waals surface area contributed by atoms with E-state index in [1.165, 1.54) is 6.26 Å². The highest BCUT2D eigenvalue weighted by Crippen LogP contribution is 2.24. The lowest BCUT2D eigenvalue weighted by Crippen LogP contribution is -2.50. The summed E-state index contributed by atoms with van der Waals surface area (Å²) in [5.74, 6) is 0. The molecule has 0 amide bonds. The number of sulfone groups is 1. The molecule has 4 heteroatoms. The average Bonchev–Trinajstić information content (AvgIpc) is 1.94. The van der Waals surface area contributed by atoms with E-state index in [4.69, 9.17) is 0 Å². The summed E-state index contributed by atoms with van der Waals surface area (Å²) in [5, 5.41) is 2.90. The first-order valence-corrected chi connectivity index (χ1v) is 6.98. The van der Waals surface area contributed by atoms with Gasteiger partial charge in [-0.25, -0.2) is 8.42 Å². The second-order valence-electron chi connectivity index (χ2n) is 4.94. The quantitative estimate of drug-likeness (QED) is 0.781. The zero-order valence-electron chi connectivity index (χ0n) is 10.1. The third kappa shape index (κ3) is 3.96. The Kier molecular flexibility index (Phi) is 4.59. The normalized spacial score (nSPS) is 17.9. The van der Waals surface area contributed by atoms with Crippen molar-refractivity contribution in [1.29, 1.82) is 0 Å². The van der Waals surface area contributed by atoms with Crippen molar-refractivity contribution in [2.45, 2.75) is 45.9 Å². The van der Waals surface area contributed by atoms with Crippen molar-refractivity contribution in [3.8, 4) is 0 Å². The summed E-state index contributed by atoms with van der Waals surface area (Å²) in [5.41, 5.74) is -0.0431. The minimum absolute atomic E-state index is 0.00231. The Morgan fingerprint density at radius 3 is 1.93 bits per heavy atom. The molecule has 0 spiro atoms. The third-order valence-corrected chi connectivity index (χ3v) is 4.12. The molecule has 0 rings (SSSR count). The maximum Gasteiger partial charge on any atom is 0.151 e. The molecule has 0 aliphatic heterocycles. The number of hydrogen-bond donors (Lipinski definition) is 1. The van der Waals surface area contributed by atoms with E-state index in [0.29, 0.717) is 0 Å². The first-order chi connectivity index (χ1) is 6.10. The van der Waals surface area contributed by atoms with Gasteiger partial charge in [0, 0.05) is 12.3 Å². The van der Waals surface area contributed by atoms with Gasteiger partial charge in [-0.2, -0.15) is 0 Å². The molecule has 2 atom stereocenters. The maximum absolute atomic E-state index is 11.5. The van der Waals surface area contributed by atoms with Gasteiger partial charge in [-0.3, -0.25) is 0 Å². The fraction of sp³-hybridized carbons (Fsp3) is 1.00. The van der Waals surface area contributed by atoms with E-state index in [1.807, 2.05) is 6.92 Å². The van der Waals surface area contributed by atoms with Crippen molar-refractivity contribution in [2.75, 3.05) is 12.8 Å². The number of hydrogen-bond acceptors (Lipinski definition) is 3. The van der Waals surface area contributed by atoms with Crippen LogP contribution >= 0.6 is 0 Å². The monoisotopic (exact) mass is 221 g/mol. The molecule has 0 saturated heterocycles. The Bertz CT molecular complexity index is 264. The Labute approximate surface area is 88.2 Å². The average molecular weight is 221 g/mol. The van der Waals surface area contributed by atoms with Crippen LogP contribution in [0.5, 0.6) is 0 Å². The Morgan fingerprint density at radius 1 is 1.29 bits per heavy atom. The maximum atomic E-state index is 11.5. The molecule has 0 aromatic heterocycles. The van der Waals surface area contributed by atoms with Crippen LogP contribution in [0.25, 0.3) is 0 Å². The van der Waals surface area contributed by atoms with Crippen LogP contribution in [0.2, 0.25) is 0 Å². The molecular weight excluding hydrogens is 198 g/mol. The molecular formula is C10H23NO2S. The zero-order chi connectivity index (χ0) is 11.6. The van der Waals surface area contributed by atoms with Crippen LogP contribution in [0.3, 0.4) is 0 Å². The Morgan fingerprint density at radius 2 is 1.71 bits per heavy atom. The van der Waals surface area contributed by atoms with Crippen molar-refractivity contribution >= 4 is 9.84 Å². The fourth-order valence-electron chi connectivity index (χ4n) is 1.64. The molecule has 0 fully saturated rings. The molecule has 14 heavy (non-hydrogen) atoms. The smallest absolute Gasteiger partial charge is 0.151 e. The van der Waals surface area contributed by atoms with Crippen LogP contribution in [0.15, 0.2) is 0 Å². The van der Waals surface area contributed by atoms with E-state index in [9.17, 15) is 8.42 Å². The number of rotatable bonds is 4. The minimum Gasteiger partial charge on any atom is -0.312 e. The van der Waals surface area contributed by atoms with Gasteiger partial charge in [0.1, 0.15) is 0 Å². The summed E-state index contributed by atoms with van der Waals surface area (Å²) in [6.45, 7) is 10.7. The minimum atomic E-state index is -2.97. The Balaban J connectivity index is 4.85. The van der Waals surface area contributed by atoms with E-state index in [-0.39, 0.29) is 16.7 Å². The topological polar surface area (TPSA) is 46.2 Å². The van der Waals surface area contributed by atoms with Gasteiger partial charge in [-0.1, -0.05) is 27.7 Å². The van der Waals surface area contributed by atoms with Crippen LogP contribution in [0.4, 0.5) is 0 Å². The summed E-state index contributed by atoms with van der Waals surface area (Å²) in [6.07, 6.45) is 1.30. The first-order valence-electron chi connectivity index (χ1n) is 5.03. The highest BCUT2D eigenvalue weighted by atomic mass is 32.2. The summed E-state index contributed by atoms with van der Waals surface area (Å²) in [4.78, 5) is 0. The Hall–Kier alpha value is -0.0900. The molecule has 1 N–H and O–H groups in total. The van der Waals surface area contributed by atoms with Crippen LogP contribution < -0.4 is 5.32 Å². The molecule has 86 valence electrons. The van der Waals surface area contributed by atoms with Crippen molar-refractivity contribution < 1.29 is 8.42 Å². The first kappa shape index (κ1) is 13.9. The molecule has 3 nitrogen and oxygen atoms in total.